The summed E-state index contributed by atoms with van der Waals surface area (Å²) in [5.74, 6) is 0. The molecule has 7 aromatic rings. The van der Waals surface area contributed by atoms with Crippen LogP contribution in [0.25, 0.3) is 53.2 Å². The first-order valence-corrected chi connectivity index (χ1v) is 13.0. The summed E-state index contributed by atoms with van der Waals surface area (Å²) < 4.78 is 2.59. The number of hydrogen-bond acceptors (Lipinski definition) is 2. The van der Waals surface area contributed by atoms with Crippen LogP contribution in [0.4, 0.5) is 11.4 Å². The Morgan fingerprint density at radius 1 is 0.500 bits per heavy atom. The second-order valence-electron chi connectivity index (χ2n) is 9.06. The minimum atomic E-state index is 1.09. The van der Waals surface area contributed by atoms with Crippen LogP contribution in [0.3, 0.4) is 0 Å². The van der Waals surface area contributed by atoms with Crippen LogP contribution in [-0.2, 0) is 0 Å². The molecule has 0 atom stereocenters. The van der Waals surface area contributed by atoms with E-state index in [1.807, 2.05) is 11.3 Å². The topological polar surface area (TPSA) is 12.0 Å². The van der Waals surface area contributed by atoms with Crippen molar-refractivity contribution in [3.05, 3.63) is 133 Å². The molecule has 170 valence electrons. The van der Waals surface area contributed by atoms with Crippen LogP contribution in [0.1, 0.15) is 0 Å². The second kappa shape index (κ2) is 8.67. The first-order valence-electron chi connectivity index (χ1n) is 12.2. The van der Waals surface area contributed by atoms with Crippen LogP contribution in [0, 0.1) is 0 Å². The molecule has 1 heterocycles. The maximum atomic E-state index is 3.74. The van der Waals surface area contributed by atoms with Crippen molar-refractivity contribution in [3.8, 4) is 22.3 Å². The van der Waals surface area contributed by atoms with Crippen LogP contribution in [0.5, 0.6) is 0 Å². The number of benzene rings is 6. The van der Waals surface area contributed by atoms with Gasteiger partial charge in [0.1, 0.15) is 0 Å². The van der Waals surface area contributed by atoms with Crippen molar-refractivity contribution in [2.24, 2.45) is 0 Å². The van der Waals surface area contributed by atoms with Gasteiger partial charge >= 0.3 is 0 Å². The van der Waals surface area contributed by atoms with Crippen molar-refractivity contribution < 1.29 is 0 Å². The lowest BCUT2D eigenvalue weighted by atomic mass is 9.98. The van der Waals surface area contributed by atoms with E-state index in [1.165, 1.54) is 53.2 Å². The van der Waals surface area contributed by atoms with Gasteiger partial charge in [0.15, 0.2) is 0 Å². The van der Waals surface area contributed by atoms with Gasteiger partial charge in [0, 0.05) is 21.2 Å². The van der Waals surface area contributed by atoms with Crippen LogP contribution >= 0.6 is 11.3 Å². The van der Waals surface area contributed by atoms with Gasteiger partial charge in [-0.3, -0.25) is 0 Å². The minimum absolute atomic E-state index is 1.09. The normalized spacial score (nSPS) is 11.3. The van der Waals surface area contributed by atoms with E-state index in [1.54, 1.807) is 0 Å². The van der Waals surface area contributed by atoms with Crippen molar-refractivity contribution >= 4 is 53.7 Å². The molecular formula is C34H23NS. The predicted molar refractivity (Wildman–Crippen MR) is 157 cm³/mol. The molecule has 7 rings (SSSR count). The molecule has 0 aliphatic carbocycles. The molecule has 0 fully saturated rings. The van der Waals surface area contributed by atoms with E-state index in [0.29, 0.717) is 0 Å². The van der Waals surface area contributed by atoms with E-state index in [9.17, 15) is 0 Å². The van der Waals surface area contributed by atoms with Gasteiger partial charge < -0.3 is 5.32 Å². The smallest absolute Gasteiger partial charge is 0.0590 e. The zero-order valence-electron chi connectivity index (χ0n) is 19.6. The average Bonchev–Trinajstić information content (AvgIpc) is 3.33. The molecule has 1 nitrogen and oxygen atoms in total. The number of fused-ring (bicyclic) bond motifs is 4. The van der Waals surface area contributed by atoms with E-state index in [4.69, 9.17) is 0 Å². The molecule has 1 aromatic heterocycles. The lowest BCUT2D eigenvalue weighted by Crippen LogP contribution is -1.91. The number of anilines is 2. The summed E-state index contributed by atoms with van der Waals surface area (Å²) in [6.07, 6.45) is 0. The maximum Gasteiger partial charge on any atom is 0.0590 e. The Labute approximate surface area is 214 Å². The third-order valence-electron chi connectivity index (χ3n) is 6.85. The molecule has 0 aliphatic heterocycles. The summed E-state index contributed by atoms with van der Waals surface area (Å²) in [5.41, 5.74) is 7.24. The van der Waals surface area contributed by atoms with E-state index in [2.05, 4.69) is 139 Å². The van der Waals surface area contributed by atoms with Crippen molar-refractivity contribution in [2.75, 3.05) is 5.32 Å². The molecule has 0 unspecified atom stereocenters. The molecule has 1 N–H and O–H groups in total. The molecule has 0 saturated carbocycles. The standard InChI is InChI=1S/C34H23NS/c1-2-10-24(11-3-1)29-18-9-21-32-33(29)30-19-8-20-31(34(30)36-32)35-26-15-6-14-25(22-26)28-17-7-13-23-12-4-5-16-27(23)28/h1-22,35H. The van der Waals surface area contributed by atoms with Gasteiger partial charge in [-0.1, -0.05) is 109 Å². The van der Waals surface area contributed by atoms with Gasteiger partial charge in [-0.2, -0.15) is 0 Å². The van der Waals surface area contributed by atoms with Crippen LogP contribution in [0.15, 0.2) is 133 Å². The van der Waals surface area contributed by atoms with Gasteiger partial charge in [0.25, 0.3) is 0 Å². The summed E-state index contributed by atoms with van der Waals surface area (Å²) in [6.45, 7) is 0. The highest BCUT2D eigenvalue weighted by molar-refractivity contribution is 7.26. The summed E-state index contributed by atoms with van der Waals surface area (Å²) in [4.78, 5) is 0. The number of hydrogen-bond donors (Lipinski definition) is 1. The van der Waals surface area contributed by atoms with Crippen molar-refractivity contribution in [2.45, 2.75) is 0 Å². The lowest BCUT2D eigenvalue weighted by Gasteiger charge is -2.11. The highest BCUT2D eigenvalue weighted by Gasteiger charge is 2.13. The zero-order valence-corrected chi connectivity index (χ0v) is 20.4. The third kappa shape index (κ3) is 3.55. The highest BCUT2D eigenvalue weighted by Crippen LogP contribution is 2.43. The van der Waals surface area contributed by atoms with E-state index >= 15 is 0 Å². The van der Waals surface area contributed by atoms with Crippen LogP contribution in [0.2, 0.25) is 0 Å². The Kier molecular flexibility index (Phi) is 5.04. The average molecular weight is 478 g/mol. The molecule has 0 radical (unpaired) electrons. The Hall–Kier alpha value is -4.40. The molecule has 0 amide bonds. The predicted octanol–water partition coefficient (Wildman–Crippen LogP) is 10.3. The van der Waals surface area contributed by atoms with Gasteiger partial charge in [-0.25, -0.2) is 0 Å². The van der Waals surface area contributed by atoms with Crippen LogP contribution < -0.4 is 5.32 Å². The summed E-state index contributed by atoms with van der Waals surface area (Å²) in [7, 11) is 0. The SMILES string of the molecule is c1ccc(-c2cccc3sc4c(Nc5cccc(-c6cccc7ccccc67)c5)cccc4c23)cc1. The van der Waals surface area contributed by atoms with Gasteiger partial charge in [0.05, 0.1) is 10.4 Å². The fourth-order valence-corrected chi connectivity index (χ4v) is 6.40. The first kappa shape index (κ1) is 20.9. The number of nitrogens with one attached hydrogen (secondary N) is 1. The molecular weight excluding hydrogens is 454 g/mol. The quantitative estimate of drug-likeness (QED) is 0.266. The lowest BCUT2D eigenvalue weighted by molar-refractivity contribution is 1.58. The van der Waals surface area contributed by atoms with E-state index in [0.717, 1.165) is 11.4 Å². The fourth-order valence-electron chi connectivity index (χ4n) is 5.20. The Balaban J connectivity index is 1.33. The maximum absolute atomic E-state index is 3.74. The zero-order chi connectivity index (χ0) is 23.9. The summed E-state index contributed by atoms with van der Waals surface area (Å²) in [6, 6.07) is 47.7. The number of thiophene rings is 1. The minimum Gasteiger partial charge on any atom is -0.354 e. The van der Waals surface area contributed by atoms with Crippen molar-refractivity contribution in [3.63, 3.8) is 0 Å². The highest BCUT2D eigenvalue weighted by atomic mass is 32.1. The summed E-state index contributed by atoms with van der Waals surface area (Å²) >= 11 is 1.86. The molecule has 0 aliphatic rings. The van der Waals surface area contributed by atoms with Gasteiger partial charge in [-0.05, 0) is 57.3 Å². The molecule has 2 heteroatoms. The molecule has 0 saturated heterocycles. The first-order chi connectivity index (χ1) is 17.8. The van der Waals surface area contributed by atoms with Gasteiger partial charge in [-0.15, -0.1) is 11.3 Å². The molecule has 36 heavy (non-hydrogen) atoms. The largest absolute Gasteiger partial charge is 0.354 e. The molecule has 6 aromatic carbocycles. The Morgan fingerprint density at radius 2 is 1.19 bits per heavy atom. The number of rotatable bonds is 4. The van der Waals surface area contributed by atoms with Crippen molar-refractivity contribution in [1.82, 2.24) is 0 Å². The van der Waals surface area contributed by atoms with Crippen LogP contribution in [-0.4, -0.2) is 0 Å². The molecule has 0 bridgehead atoms. The van der Waals surface area contributed by atoms with E-state index < -0.39 is 0 Å². The summed E-state index contributed by atoms with van der Waals surface area (Å²) in [5, 5.41) is 8.90. The monoisotopic (exact) mass is 477 g/mol. The van der Waals surface area contributed by atoms with E-state index in [-0.39, 0.29) is 0 Å². The second-order valence-corrected chi connectivity index (χ2v) is 10.1. The third-order valence-corrected chi connectivity index (χ3v) is 8.05. The Bertz CT molecular complexity index is 1860. The Morgan fingerprint density at radius 3 is 2.14 bits per heavy atom. The van der Waals surface area contributed by atoms with Gasteiger partial charge in [0.2, 0.25) is 0 Å². The molecule has 0 spiro atoms. The fraction of sp³-hybridized carbons (Fsp3) is 0. The van der Waals surface area contributed by atoms with Crippen molar-refractivity contribution in [1.29, 1.82) is 0 Å².